The van der Waals surface area contributed by atoms with E-state index in [2.05, 4.69) is 0 Å². The standard InChI is InChI=1S/C11H23N3O.C2HF3O2/c1-13(2)8-11(15)14(3)10-6-4-9(12)5-7-10;3-2(4,5)1(6)7/h9-10H,4-8,12H2,1-3H3;(H,6,7). The van der Waals surface area contributed by atoms with Crippen molar-refractivity contribution in [1.82, 2.24) is 9.80 Å². The highest BCUT2D eigenvalue weighted by atomic mass is 19.4. The third-order valence-corrected chi connectivity index (χ3v) is 3.38. The van der Waals surface area contributed by atoms with Gasteiger partial charge in [0.05, 0.1) is 6.54 Å². The molecule has 1 aliphatic carbocycles. The minimum Gasteiger partial charge on any atom is -0.475 e. The second-order valence-corrected chi connectivity index (χ2v) is 5.61. The molecular formula is C13H24F3N3O3. The summed E-state index contributed by atoms with van der Waals surface area (Å²) in [4.78, 5) is 24.5. The van der Waals surface area contributed by atoms with Crippen LogP contribution in [-0.2, 0) is 9.59 Å². The zero-order valence-corrected chi connectivity index (χ0v) is 13.1. The number of hydrogen-bond acceptors (Lipinski definition) is 4. The summed E-state index contributed by atoms with van der Waals surface area (Å²) in [5.74, 6) is -2.55. The molecule has 0 saturated heterocycles. The van der Waals surface area contributed by atoms with Crippen molar-refractivity contribution in [3.05, 3.63) is 0 Å². The van der Waals surface area contributed by atoms with Gasteiger partial charge in [-0.15, -0.1) is 0 Å². The van der Waals surface area contributed by atoms with Crippen LogP contribution in [0, 0.1) is 0 Å². The average Bonchev–Trinajstić information content (AvgIpc) is 2.37. The number of carboxylic acid groups (broad SMARTS) is 1. The Labute approximate surface area is 128 Å². The fourth-order valence-electron chi connectivity index (χ4n) is 2.07. The first-order valence-electron chi connectivity index (χ1n) is 6.91. The maximum atomic E-state index is 11.8. The number of rotatable bonds is 3. The molecule has 0 unspecified atom stereocenters. The van der Waals surface area contributed by atoms with Crippen molar-refractivity contribution in [2.45, 2.75) is 43.9 Å². The quantitative estimate of drug-likeness (QED) is 0.804. The van der Waals surface area contributed by atoms with E-state index in [1.165, 1.54) is 0 Å². The second kappa shape index (κ2) is 8.94. The molecule has 130 valence electrons. The van der Waals surface area contributed by atoms with E-state index in [4.69, 9.17) is 15.6 Å². The third-order valence-electron chi connectivity index (χ3n) is 3.38. The first-order valence-corrected chi connectivity index (χ1v) is 6.91. The summed E-state index contributed by atoms with van der Waals surface area (Å²) in [5, 5.41) is 7.12. The van der Waals surface area contributed by atoms with Crippen LogP contribution in [0.1, 0.15) is 25.7 Å². The summed E-state index contributed by atoms with van der Waals surface area (Å²) in [6.45, 7) is 0.499. The molecule has 0 atom stereocenters. The Bertz CT molecular complexity index is 367. The van der Waals surface area contributed by atoms with Crippen molar-refractivity contribution in [2.24, 2.45) is 5.73 Å². The fraction of sp³-hybridized carbons (Fsp3) is 0.846. The summed E-state index contributed by atoms with van der Waals surface area (Å²) in [6, 6.07) is 0.746. The SMILES string of the molecule is CN(C)CC(=O)N(C)C1CCC(N)CC1.O=C(O)C(F)(F)F. The van der Waals surface area contributed by atoms with Gasteiger partial charge in [-0.25, -0.2) is 4.79 Å². The molecule has 1 fully saturated rings. The van der Waals surface area contributed by atoms with E-state index in [-0.39, 0.29) is 5.91 Å². The summed E-state index contributed by atoms with van der Waals surface area (Å²) < 4.78 is 31.7. The van der Waals surface area contributed by atoms with Gasteiger partial charge in [0.2, 0.25) is 5.91 Å². The summed E-state index contributed by atoms with van der Waals surface area (Å²) in [7, 11) is 5.75. The Morgan fingerprint density at radius 3 is 1.86 bits per heavy atom. The molecular weight excluding hydrogens is 303 g/mol. The van der Waals surface area contributed by atoms with Crippen molar-refractivity contribution < 1.29 is 27.9 Å². The summed E-state index contributed by atoms with van der Waals surface area (Å²) >= 11 is 0. The van der Waals surface area contributed by atoms with Gasteiger partial charge in [-0.2, -0.15) is 13.2 Å². The van der Waals surface area contributed by atoms with E-state index in [1.807, 2.05) is 30.9 Å². The number of likely N-dealkylation sites (N-methyl/N-ethyl adjacent to an activating group) is 2. The van der Waals surface area contributed by atoms with Crippen molar-refractivity contribution >= 4 is 11.9 Å². The van der Waals surface area contributed by atoms with Crippen LogP contribution >= 0.6 is 0 Å². The molecule has 0 aromatic heterocycles. The van der Waals surface area contributed by atoms with Crippen LogP contribution < -0.4 is 5.73 Å². The van der Waals surface area contributed by atoms with Crippen molar-refractivity contribution in [1.29, 1.82) is 0 Å². The van der Waals surface area contributed by atoms with E-state index in [0.717, 1.165) is 25.7 Å². The Hall–Kier alpha value is -1.35. The molecule has 3 N–H and O–H groups in total. The molecule has 1 saturated carbocycles. The number of nitrogens with zero attached hydrogens (tertiary/aromatic N) is 2. The molecule has 0 bridgehead atoms. The van der Waals surface area contributed by atoms with Gasteiger partial charge in [-0.3, -0.25) is 4.79 Å². The van der Waals surface area contributed by atoms with Gasteiger partial charge in [0.25, 0.3) is 0 Å². The van der Waals surface area contributed by atoms with E-state index < -0.39 is 12.1 Å². The lowest BCUT2D eigenvalue weighted by atomic mass is 9.91. The molecule has 0 aromatic rings. The molecule has 0 aliphatic heterocycles. The molecule has 0 heterocycles. The van der Waals surface area contributed by atoms with E-state index in [1.54, 1.807) is 0 Å². The first kappa shape index (κ1) is 20.6. The Balaban J connectivity index is 0.000000534. The highest BCUT2D eigenvalue weighted by molar-refractivity contribution is 5.78. The topological polar surface area (TPSA) is 86.9 Å². The summed E-state index contributed by atoms with van der Waals surface area (Å²) in [5.41, 5.74) is 5.84. The van der Waals surface area contributed by atoms with Gasteiger partial charge in [0, 0.05) is 19.1 Å². The van der Waals surface area contributed by atoms with Crippen molar-refractivity contribution in [2.75, 3.05) is 27.7 Å². The number of nitrogens with two attached hydrogens (primary N) is 1. The van der Waals surface area contributed by atoms with Gasteiger partial charge >= 0.3 is 12.1 Å². The Morgan fingerprint density at radius 2 is 1.55 bits per heavy atom. The van der Waals surface area contributed by atoms with E-state index in [0.29, 0.717) is 18.6 Å². The molecule has 0 spiro atoms. The maximum absolute atomic E-state index is 11.8. The molecule has 1 rings (SSSR count). The van der Waals surface area contributed by atoms with Gasteiger partial charge in [-0.05, 0) is 39.8 Å². The fourth-order valence-corrected chi connectivity index (χ4v) is 2.07. The number of hydrogen-bond donors (Lipinski definition) is 2. The van der Waals surface area contributed by atoms with E-state index in [9.17, 15) is 18.0 Å². The Kier molecular flexibility index (Phi) is 8.39. The van der Waals surface area contributed by atoms with E-state index >= 15 is 0 Å². The molecule has 22 heavy (non-hydrogen) atoms. The minimum atomic E-state index is -5.08. The molecule has 1 aliphatic rings. The normalized spacial score (nSPS) is 21.8. The zero-order valence-electron chi connectivity index (χ0n) is 13.1. The van der Waals surface area contributed by atoms with Crippen molar-refractivity contribution in [3.8, 4) is 0 Å². The molecule has 6 nitrogen and oxygen atoms in total. The number of halogens is 3. The number of carbonyl (C=O) groups excluding carboxylic acids is 1. The van der Waals surface area contributed by atoms with Crippen LogP contribution in [0.15, 0.2) is 0 Å². The van der Waals surface area contributed by atoms with Crippen molar-refractivity contribution in [3.63, 3.8) is 0 Å². The summed E-state index contributed by atoms with van der Waals surface area (Å²) in [6.07, 6.45) is -0.887. The maximum Gasteiger partial charge on any atom is 0.490 e. The largest absolute Gasteiger partial charge is 0.490 e. The molecule has 9 heteroatoms. The van der Waals surface area contributed by atoms with Gasteiger partial charge in [0.15, 0.2) is 0 Å². The lowest BCUT2D eigenvalue weighted by molar-refractivity contribution is -0.192. The minimum absolute atomic E-state index is 0.209. The molecule has 0 radical (unpaired) electrons. The smallest absolute Gasteiger partial charge is 0.475 e. The lowest BCUT2D eigenvalue weighted by Gasteiger charge is -2.34. The van der Waals surface area contributed by atoms with Crippen LogP contribution in [0.2, 0.25) is 0 Å². The van der Waals surface area contributed by atoms with Crippen LogP contribution in [-0.4, -0.2) is 72.7 Å². The number of aliphatic carboxylic acids is 1. The highest BCUT2D eigenvalue weighted by Crippen LogP contribution is 2.21. The highest BCUT2D eigenvalue weighted by Gasteiger charge is 2.38. The average molecular weight is 327 g/mol. The monoisotopic (exact) mass is 327 g/mol. The molecule has 1 amide bonds. The number of carboxylic acids is 1. The Morgan fingerprint density at radius 1 is 1.14 bits per heavy atom. The van der Waals surface area contributed by atoms with Crippen LogP contribution in [0.3, 0.4) is 0 Å². The first-order chi connectivity index (χ1) is 9.95. The number of amides is 1. The number of alkyl halides is 3. The van der Waals surface area contributed by atoms with Gasteiger partial charge in [-0.1, -0.05) is 0 Å². The van der Waals surface area contributed by atoms with Crippen LogP contribution in [0.5, 0.6) is 0 Å². The van der Waals surface area contributed by atoms with Gasteiger partial charge in [0.1, 0.15) is 0 Å². The predicted molar refractivity (Wildman–Crippen MR) is 75.2 cm³/mol. The van der Waals surface area contributed by atoms with Crippen LogP contribution in [0.4, 0.5) is 13.2 Å². The number of carbonyl (C=O) groups is 2. The zero-order chi connectivity index (χ0) is 17.5. The van der Waals surface area contributed by atoms with Gasteiger partial charge < -0.3 is 20.6 Å². The van der Waals surface area contributed by atoms with Crippen LogP contribution in [0.25, 0.3) is 0 Å². The predicted octanol–water partition coefficient (Wildman–Crippen LogP) is 0.910. The third kappa shape index (κ3) is 8.18. The second-order valence-electron chi connectivity index (χ2n) is 5.61. The molecule has 0 aromatic carbocycles. The lowest BCUT2D eigenvalue weighted by Crippen LogP contribution is -2.44.